The Balaban J connectivity index is 2.48. The summed E-state index contributed by atoms with van der Waals surface area (Å²) in [6.07, 6.45) is 10.8. The van der Waals surface area contributed by atoms with E-state index in [4.69, 9.17) is 0 Å². The van der Waals surface area contributed by atoms with Gasteiger partial charge in [-0.25, -0.2) is 0 Å². The summed E-state index contributed by atoms with van der Waals surface area (Å²) in [5.41, 5.74) is 1.32. The van der Waals surface area contributed by atoms with Gasteiger partial charge in [-0.1, -0.05) is 17.7 Å². The van der Waals surface area contributed by atoms with E-state index in [0.29, 0.717) is 0 Å². The van der Waals surface area contributed by atoms with Crippen molar-refractivity contribution < 1.29 is 4.79 Å². The summed E-state index contributed by atoms with van der Waals surface area (Å²) in [5, 5.41) is 0. The molecule has 0 fully saturated rings. The topological polar surface area (TPSA) is 20.3 Å². The molecule has 0 heterocycles. The van der Waals surface area contributed by atoms with E-state index in [2.05, 4.69) is 6.08 Å². The second kappa shape index (κ2) is 6.44. The zero-order valence-corrected chi connectivity index (χ0v) is 9.83. The van der Waals surface area contributed by atoms with E-state index in [1.807, 2.05) is 24.8 Å². The average Bonchev–Trinajstić information content (AvgIpc) is 2.29. The van der Waals surface area contributed by atoms with Gasteiger partial charge in [0.15, 0.2) is 0 Å². The van der Waals surface area contributed by atoms with Crippen LogP contribution in [0.15, 0.2) is 23.8 Å². The van der Waals surface area contributed by atoms with E-state index in [1.165, 1.54) is 24.8 Å². The lowest BCUT2D eigenvalue weighted by atomic mass is 9.99. The van der Waals surface area contributed by atoms with Gasteiger partial charge in [-0.15, -0.1) is 0 Å². The minimum Gasteiger partial charge on any atom is -0.340 e. The molecule has 0 radical (unpaired) electrons. The number of carbonyl (C=O) groups excluding carboxylic acids is 1. The lowest BCUT2D eigenvalue weighted by Crippen LogP contribution is -2.28. The monoisotopic (exact) mass is 207 g/mol. The number of allylic oxidation sites excluding steroid dienone is 3. The van der Waals surface area contributed by atoms with Crippen LogP contribution in [0.1, 0.15) is 39.5 Å². The second-order valence-electron chi connectivity index (χ2n) is 3.87. The second-order valence-corrected chi connectivity index (χ2v) is 3.87. The van der Waals surface area contributed by atoms with Crippen LogP contribution in [-0.4, -0.2) is 23.9 Å². The van der Waals surface area contributed by atoms with Gasteiger partial charge >= 0.3 is 0 Å². The van der Waals surface area contributed by atoms with Crippen molar-refractivity contribution in [2.45, 2.75) is 39.5 Å². The van der Waals surface area contributed by atoms with E-state index in [-0.39, 0.29) is 5.91 Å². The Morgan fingerprint density at radius 1 is 1.40 bits per heavy atom. The SMILES string of the molecule is CCN(CC)C(=O)/C=C/C1=CCCCC1. The molecule has 0 aromatic rings. The zero-order valence-electron chi connectivity index (χ0n) is 9.83. The Bertz CT molecular complexity index is 262. The molecule has 15 heavy (non-hydrogen) atoms. The molecule has 0 aromatic heterocycles. The highest BCUT2D eigenvalue weighted by atomic mass is 16.2. The normalized spacial score (nSPS) is 16.5. The molecule has 0 saturated heterocycles. The summed E-state index contributed by atoms with van der Waals surface area (Å²) in [4.78, 5) is 13.5. The molecule has 2 heteroatoms. The molecule has 0 aliphatic heterocycles. The molecule has 1 amide bonds. The standard InChI is InChI=1S/C13H21NO/c1-3-14(4-2)13(15)11-10-12-8-6-5-7-9-12/h8,10-11H,3-7,9H2,1-2H3/b11-10+. The Morgan fingerprint density at radius 2 is 2.13 bits per heavy atom. The predicted molar refractivity (Wildman–Crippen MR) is 63.6 cm³/mol. The van der Waals surface area contributed by atoms with Crippen LogP contribution >= 0.6 is 0 Å². The third-order valence-electron chi connectivity index (χ3n) is 2.84. The number of rotatable bonds is 4. The quantitative estimate of drug-likeness (QED) is 0.649. The van der Waals surface area contributed by atoms with Gasteiger partial charge in [0.1, 0.15) is 0 Å². The van der Waals surface area contributed by atoms with Crippen molar-refractivity contribution in [3.63, 3.8) is 0 Å². The van der Waals surface area contributed by atoms with Crippen molar-refractivity contribution in [1.29, 1.82) is 0 Å². The van der Waals surface area contributed by atoms with Gasteiger partial charge < -0.3 is 4.90 Å². The van der Waals surface area contributed by atoms with Gasteiger partial charge in [0, 0.05) is 19.2 Å². The van der Waals surface area contributed by atoms with Crippen molar-refractivity contribution >= 4 is 5.91 Å². The third kappa shape index (κ3) is 3.90. The smallest absolute Gasteiger partial charge is 0.246 e. The highest BCUT2D eigenvalue weighted by molar-refractivity contribution is 5.88. The summed E-state index contributed by atoms with van der Waals surface area (Å²) in [6.45, 7) is 5.60. The van der Waals surface area contributed by atoms with E-state index in [0.717, 1.165) is 19.5 Å². The van der Waals surface area contributed by atoms with Gasteiger partial charge in [0.2, 0.25) is 5.91 Å². The Labute approximate surface area is 92.7 Å². The summed E-state index contributed by atoms with van der Waals surface area (Å²) in [5.74, 6) is 0.131. The highest BCUT2D eigenvalue weighted by Crippen LogP contribution is 2.18. The summed E-state index contributed by atoms with van der Waals surface area (Å²) >= 11 is 0. The maximum Gasteiger partial charge on any atom is 0.246 e. The third-order valence-corrected chi connectivity index (χ3v) is 2.84. The molecule has 0 spiro atoms. The number of hydrogen-bond acceptors (Lipinski definition) is 1. The first-order valence-electron chi connectivity index (χ1n) is 5.94. The number of amides is 1. The van der Waals surface area contributed by atoms with E-state index in [9.17, 15) is 4.79 Å². The highest BCUT2D eigenvalue weighted by Gasteiger charge is 2.05. The minimum absolute atomic E-state index is 0.131. The fourth-order valence-electron chi connectivity index (χ4n) is 1.83. The Kier molecular flexibility index (Phi) is 5.16. The number of hydrogen-bond donors (Lipinski definition) is 0. The lowest BCUT2D eigenvalue weighted by molar-refractivity contribution is -0.125. The van der Waals surface area contributed by atoms with Crippen molar-refractivity contribution in [3.8, 4) is 0 Å². The van der Waals surface area contributed by atoms with E-state index < -0.39 is 0 Å². The van der Waals surface area contributed by atoms with Crippen LogP contribution in [0.25, 0.3) is 0 Å². The average molecular weight is 207 g/mol. The first-order valence-corrected chi connectivity index (χ1v) is 5.94. The van der Waals surface area contributed by atoms with Gasteiger partial charge in [-0.3, -0.25) is 4.79 Å². The maximum absolute atomic E-state index is 11.7. The fraction of sp³-hybridized carbons (Fsp3) is 0.615. The van der Waals surface area contributed by atoms with Crippen LogP contribution in [-0.2, 0) is 4.79 Å². The van der Waals surface area contributed by atoms with Gasteiger partial charge in [-0.2, -0.15) is 0 Å². The molecule has 0 bridgehead atoms. The Morgan fingerprint density at radius 3 is 2.67 bits per heavy atom. The summed E-state index contributed by atoms with van der Waals surface area (Å²) < 4.78 is 0. The van der Waals surface area contributed by atoms with E-state index >= 15 is 0 Å². The van der Waals surface area contributed by atoms with Gasteiger partial charge in [0.25, 0.3) is 0 Å². The molecular formula is C13H21NO. The van der Waals surface area contributed by atoms with Gasteiger partial charge in [0.05, 0.1) is 0 Å². The molecule has 0 unspecified atom stereocenters. The van der Waals surface area contributed by atoms with Crippen LogP contribution in [0.5, 0.6) is 0 Å². The van der Waals surface area contributed by atoms with Crippen LogP contribution in [0.2, 0.25) is 0 Å². The Hall–Kier alpha value is -1.05. The molecule has 1 aliphatic rings. The molecular weight excluding hydrogens is 186 g/mol. The number of carbonyl (C=O) groups is 1. The van der Waals surface area contributed by atoms with Crippen LogP contribution in [0.3, 0.4) is 0 Å². The summed E-state index contributed by atoms with van der Waals surface area (Å²) in [7, 11) is 0. The molecule has 0 saturated carbocycles. The predicted octanol–water partition coefficient (Wildman–Crippen LogP) is 2.91. The van der Waals surface area contributed by atoms with Crippen molar-refractivity contribution in [2.75, 3.05) is 13.1 Å². The van der Waals surface area contributed by atoms with Gasteiger partial charge in [-0.05, 0) is 39.5 Å². The van der Waals surface area contributed by atoms with Crippen LogP contribution in [0, 0.1) is 0 Å². The van der Waals surface area contributed by atoms with Crippen molar-refractivity contribution in [1.82, 2.24) is 4.90 Å². The van der Waals surface area contributed by atoms with Crippen LogP contribution < -0.4 is 0 Å². The molecule has 1 rings (SSSR count). The number of likely N-dealkylation sites (N-methyl/N-ethyl adjacent to an activating group) is 1. The largest absolute Gasteiger partial charge is 0.340 e. The number of nitrogens with zero attached hydrogens (tertiary/aromatic N) is 1. The molecule has 0 aromatic carbocycles. The van der Waals surface area contributed by atoms with Crippen LogP contribution in [0.4, 0.5) is 0 Å². The van der Waals surface area contributed by atoms with Crippen molar-refractivity contribution in [3.05, 3.63) is 23.8 Å². The molecule has 2 nitrogen and oxygen atoms in total. The summed E-state index contributed by atoms with van der Waals surface area (Å²) in [6, 6.07) is 0. The molecule has 0 N–H and O–H groups in total. The molecule has 1 aliphatic carbocycles. The zero-order chi connectivity index (χ0) is 11.1. The minimum atomic E-state index is 0.131. The van der Waals surface area contributed by atoms with Crippen molar-refractivity contribution in [2.24, 2.45) is 0 Å². The molecule has 0 atom stereocenters. The lowest BCUT2D eigenvalue weighted by Gasteiger charge is -2.16. The fourth-order valence-corrected chi connectivity index (χ4v) is 1.83. The first-order chi connectivity index (χ1) is 7.27. The first kappa shape index (κ1) is 12.0. The van der Waals surface area contributed by atoms with E-state index in [1.54, 1.807) is 6.08 Å². The molecule has 84 valence electrons. The maximum atomic E-state index is 11.7.